The van der Waals surface area contributed by atoms with Crippen LogP contribution in [0.4, 0.5) is 0 Å². The quantitative estimate of drug-likeness (QED) is 0.726. The van der Waals surface area contributed by atoms with Crippen molar-refractivity contribution >= 4 is 10.9 Å². The Labute approximate surface area is 84.9 Å². The van der Waals surface area contributed by atoms with Crippen molar-refractivity contribution in [3.8, 4) is 5.75 Å². The van der Waals surface area contributed by atoms with Crippen molar-refractivity contribution in [1.82, 2.24) is 9.55 Å². The Hall–Kier alpha value is -2.04. The Balaban J connectivity index is 2.98. The summed E-state index contributed by atoms with van der Waals surface area (Å²) in [6.07, 6.45) is 0. The largest absolute Gasteiger partial charge is 0.497 e. The van der Waals surface area contributed by atoms with Crippen molar-refractivity contribution in [2.45, 2.75) is 0 Å². The van der Waals surface area contributed by atoms with Crippen LogP contribution in [0.5, 0.6) is 5.75 Å². The third-order valence-electron chi connectivity index (χ3n) is 2.34. The lowest BCUT2D eigenvalue weighted by Gasteiger charge is -2.05. The Bertz CT molecular complexity index is 625. The molecule has 0 aliphatic carbocycles. The number of benzene rings is 1. The fraction of sp³-hybridized carbons (Fsp3) is 0.200. The molecule has 1 N–H and O–H groups in total. The highest BCUT2D eigenvalue weighted by atomic mass is 16.5. The molecule has 2 rings (SSSR count). The first-order valence-corrected chi connectivity index (χ1v) is 4.40. The van der Waals surface area contributed by atoms with Crippen LogP contribution in [0.1, 0.15) is 0 Å². The molecule has 1 heterocycles. The fourth-order valence-corrected chi connectivity index (χ4v) is 1.47. The summed E-state index contributed by atoms with van der Waals surface area (Å²) < 4.78 is 6.40. The summed E-state index contributed by atoms with van der Waals surface area (Å²) >= 11 is 0. The molecular weight excluding hydrogens is 196 g/mol. The Morgan fingerprint density at radius 1 is 1.33 bits per heavy atom. The van der Waals surface area contributed by atoms with Gasteiger partial charge in [0.25, 0.3) is 5.56 Å². The summed E-state index contributed by atoms with van der Waals surface area (Å²) in [6.45, 7) is 0. The zero-order valence-electron chi connectivity index (χ0n) is 8.40. The van der Waals surface area contributed by atoms with Gasteiger partial charge in [0.15, 0.2) is 0 Å². The lowest BCUT2D eigenvalue weighted by atomic mass is 10.2. The number of hydrogen-bond acceptors (Lipinski definition) is 3. The molecule has 0 bridgehead atoms. The summed E-state index contributed by atoms with van der Waals surface area (Å²) in [5, 5.41) is 0.470. The van der Waals surface area contributed by atoms with Gasteiger partial charge in [-0.15, -0.1) is 0 Å². The molecule has 0 saturated heterocycles. The van der Waals surface area contributed by atoms with Crippen molar-refractivity contribution < 1.29 is 4.74 Å². The number of hydrogen-bond donors (Lipinski definition) is 1. The smallest absolute Gasteiger partial charge is 0.328 e. The number of ether oxygens (including phenoxy) is 1. The molecule has 0 amide bonds. The molecule has 2 aromatic rings. The van der Waals surface area contributed by atoms with Gasteiger partial charge >= 0.3 is 5.69 Å². The molecule has 1 aromatic heterocycles. The van der Waals surface area contributed by atoms with Gasteiger partial charge < -0.3 is 4.74 Å². The Kier molecular flexibility index (Phi) is 2.07. The van der Waals surface area contributed by atoms with Crippen LogP contribution in [0.2, 0.25) is 0 Å². The number of rotatable bonds is 1. The van der Waals surface area contributed by atoms with E-state index in [-0.39, 0.29) is 5.56 Å². The predicted octanol–water partition coefficient (Wildman–Crippen LogP) is 0.235. The van der Waals surface area contributed by atoms with Crippen LogP contribution in [-0.2, 0) is 7.05 Å². The van der Waals surface area contributed by atoms with E-state index in [9.17, 15) is 9.59 Å². The van der Waals surface area contributed by atoms with Gasteiger partial charge in [0.05, 0.1) is 18.0 Å². The first kappa shape index (κ1) is 9.51. The van der Waals surface area contributed by atoms with Crippen LogP contribution < -0.4 is 16.0 Å². The maximum absolute atomic E-state index is 11.4. The molecule has 1 aromatic carbocycles. The number of H-pyrrole nitrogens is 1. The molecule has 0 atom stereocenters. The minimum absolute atomic E-state index is 0.379. The third-order valence-corrected chi connectivity index (χ3v) is 2.34. The van der Waals surface area contributed by atoms with Crippen LogP contribution in [0.25, 0.3) is 10.9 Å². The number of nitrogens with one attached hydrogen (secondary N) is 1. The van der Waals surface area contributed by atoms with Crippen molar-refractivity contribution in [3.63, 3.8) is 0 Å². The van der Waals surface area contributed by atoms with Gasteiger partial charge in [0.1, 0.15) is 5.75 Å². The lowest BCUT2D eigenvalue weighted by Crippen LogP contribution is -2.28. The summed E-state index contributed by atoms with van der Waals surface area (Å²) in [4.78, 5) is 25.0. The molecular formula is C10H10N2O3. The second-order valence-electron chi connectivity index (χ2n) is 3.20. The van der Waals surface area contributed by atoms with Crippen molar-refractivity contribution in [3.05, 3.63) is 39.0 Å². The first-order valence-electron chi connectivity index (χ1n) is 4.40. The number of nitrogens with zero attached hydrogens (tertiary/aromatic N) is 1. The lowest BCUT2D eigenvalue weighted by molar-refractivity contribution is 0.415. The molecule has 0 spiro atoms. The molecule has 0 aliphatic heterocycles. The number of methoxy groups -OCH3 is 1. The van der Waals surface area contributed by atoms with Crippen LogP contribution in [-0.4, -0.2) is 16.7 Å². The predicted molar refractivity (Wildman–Crippen MR) is 56.4 cm³/mol. The van der Waals surface area contributed by atoms with Crippen LogP contribution in [0, 0.1) is 0 Å². The van der Waals surface area contributed by atoms with Gasteiger partial charge in [-0.05, 0) is 12.1 Å². The minimum Gasteiger partial charge on any atom is -0.497 e. The van der Waals surface area contributed by atoms with Gasteiger partial charge in [-0.1, -0.05) is 0 Å². The highest BCUT2D eigenvalue weighted by molar-refractivity contribution is 5.79. The zero-order valence-corrected chi connectivity index (χ0v) is 8.40. The van der Waals surface area contributed by atoms with Gasteiger partial charge in [0.2, 0.25) is 0 Å². The Morgan fingerprint density at radius 2 is 2.07 bits per heavy atom. The molecule has 5 nitrogen and oxygen atoms in total. The second kappa shape index (κ2) is 3.27. The van der Waals surface area contributed by atoms with E-state index >= 15 is 0 Å². The van der Waals surface area contributed by atoms with E-state index in [0.29, 0.717) is 16.7 Å². The van der Waals surface area contributed by atoms with Crippen molar-refractivity contribution in [1.29, 1.82) is 0 Å². The van der Waals surface area contributed by atoms with Crippen LogP contribution >= 0.6 is 0 Å². The zero-order chi connectivity index (χ0) is 11.0. The van der Waals surface area contributed by atoms with Gasteiger partial charge in [-0.3, -0.25) is 14.3 Å². The molecule has 15 heavy (non-hydrogen) atoms. The fourth-order valence-electron chi connectivity index (χ4n) is 1.47. The average Bonchev–Trinajstić information content (AvgIpc) is 2.25. The minimum atomic E-state index is -0.430. The van der Waals surface area contributed by atoms with E-state index in [1.807, 2.05) is 0 Å². The van der Waals surface area contributed by atoms with E-state index in [4.69, 9.17) is 4.74 Å². The number of aromatic amines is 1. The Morgan fingerprint density at radius 3 is 2.73 bits per heavy atom. The molecule has 0 fully saturated rings. The highest BCUT2D eigenvalue weighted by Gasteiger charge is 2.04. The molecule has 0 unspecified atom stereocenters. The number of aryl methyl sites for hydroxylation is 1. The third kappa shape index (κ3) is 1.41. The summed E-state index contributed by atoms with van der Waals surface area (Å²) in [5.74, 6) is 0.614. The summed E-state index contributed by atoms with van der Waals surface area (Å²) in [6, 6.07) is 4.97. The normalized spacial score (nSPS) is 10.5. The van der Waals surface area contributed by atoms with E-state index in [2.05, 4.69) is 4.98 Å². The topological polar surface area (TPSA) is 64.1 Å². The SMILES string of the molecule is COc1ccc2c(=O)[nH]c(=O)n(C)c2c1. The maximum Gasteiger partial charge on any atom is 0.328 e. The molecule has 0 radical (unpaired) electrons. The summed E-state index contributed by atoms with van der Waals surface area (Å²) in [7, 11) is 3.13. The van der Waals surface area contributed by atoms with E-state index in [1.54, 1.807) is 25.2 Å². The van der Waals surface area contributed by atoms with Crippen molar-refractivity contribution in [2.24, 2.45) is 7.05 Å². The van der Waals surface area contributed by atoms with Crippen molar-refractivity contribution in [2.75, 3.05) is 7.11 Å². The highest BCUT2D eigenvalue weighted by Crippen LogP contribution is 2.15. The molecule has 5 heteroatoms. The van der Waals surface area contributed by atoms with Crippen LogP contribution in [0.15, 0.2) is 27.8 Å². The first-order chi connectivity index (χ1) is 7.13. The standard InChI is InChI=1S/C10H10N2O3/c1-12-8-5-6(15-2)3-4-7(8)9(13)11-10(12)14/h3-5H,1-2H3,(H,11,13,14). The van der Waals surface area contributed by atoms with E-state index in [0.717, 1.165) is 0 Å². The van der Waals surface area contributed by atoms with Gasteiger partial charge in [-0.2, -0.15) is 0 Å². The average molecular weight is 206 g/mol. The van der Waals surface area contributed by atoms with Gasteiger partial charge in [-0.25, -0.2) is 4.79 Å². The maximum atomic E-state index is 11.4. The molecule has 78 valence electrons. The monoisotopic (exact) mass is 206 g/mol. The van der Waals surface area contributed by atoms with Crippen LogP contribution in [0.3, 0.4) is 0 Å². The van der Waals surface area contributed by atoms with E-state index in [1.165, 1.54) is 11.7 Å². The number of fused-ring (bicyclic) bond motifs is 1. The van der Waals surface area contributed by atoms with E-state index < -0.39 is 5.69 Å². The number of aromatic nitrogens is 2. The second-order valence-corrected chi connectivity index (χ2v) is 3.20. The molecule has 0 aliphatic rings. The summed E-state index contributed by atoms with van der Waals surface area (Å²) in [5.41, 5.74) is -0.250. The van der Waals surface area contributed by atoms with Gasteiger partial charge in [0, 0.05) is 13.1 Å². The molecule has 0 saturated carbocycles.